The molecule has 2 aliphatic carbocycles. The summed E-state index contributed by atoms with van der Waals surface area (Å²) in [6, 6.07) is 19.9. The summed E-state index contributed by atoms with van der Waals surface area (Å²) in [5.74, 6) is -2.16. The number of hydrogen-bond acceptors (Lipinski definition) is 11. The Kier molecular flexibility index (Phi) is 11.0. The summed E-state index contributed by atoms with van der Waals surface area (Å²) in [6.07, 6.45) is 1.09. The molecule has 2 aliphatic rings. The molecule has 4 amide bonds. The number of amides is 4. The first-order valence-electron chi connectivity index (χ1n) is 16.1. The summed E-state index contributed by atoms with van der Waals surface area (Å²) in [7, 11) is -20.2. The Morgan fingerprint density at radius 2 is 0.862 bits per heavy atom. The molecule has 6 N–H and O–H groups in total. The van der Waals surface area contributed by atoms with Gasteiger partial charge < -0.3 is 10.6 Å². The predicted octanol–water partition coefficient (Wildman–Crippen LogP) is 4.02. The minimum atomic E-state index is -5.19. The van der Waals surface area contributed by atoms with Crippen molar-refractivity contribution in [2.45, 2.75) is 10.5 Å². The van der Waals surface area contributed by atoms with Crippen molar-refractivity contribution in [2.75, 3.05) is 10.6 Å². The molecule has 300 valence electrons. The van der Waals surface area contributed by atoms with E-state index in [1.807, 2.05) is 0 Å². The summed E-state index contributed by atoms with van der Waals surface area (Å²) in [5, 5.41) is 1.09. The van der Waals surface area contributed by atoms with Gasteiger partial charge >= 0.3 is 6.03 Å². The van der Waals surface area contributed by atoms with E-state index < -0.39 is 90.1 Å². The predicted molar refractivity (Wildman–Crippen MR) is 208 cm³/mol. The van der Waals surface area contributed by atoms with Gasteiger partial charge in [0, 0.05) is 33.6 Å². The standard InChI is InChI=1S/C35H26N4O15S4/c40-33(38-31-25-13-3-1-11-23(25)27(55(43,44)45)17-29(31)57(49,50)51)19-7-5-9-21(15-19)36-35(42)37-22-10-6-8-20(16-22)34(41)39-32-26-14-4-2-12-24(26)28(56(46,47)48)18-30(32)58(52,53)54/h1-18,27-28H,(H2,36,37,42)(H,43,44,45)(H,46,47,48)(H,49,50,51)(H,52,53,54). The zero-order chi connectivity index (χ0) is 42.4. The van der Waals surface area contributed by atoms with E-state index in [9.17, 15) is 66.3 Å². The number of benzene rings is 4. The van der Waals surface area contributed by atoms with Gasteiger partial charge in [0.1, 0.15) is 20.3 Å². The molecule has 23 heteroatoms. The monoisotopic (exact) mass is 870 g/mol. The van der Waals surface area contributed by atoms with Crippen LogP contribution in [0.15, 0.2) is 129 Å². The molecule has 0 aliphatic heterocycles. The molecule has 0 radical (unpaired) electrons. The van der Waals surface area contributed by atoms with Crippen LogP contribution in [0.3, 0.4) is 0 Å². The fraction of sp³-hybridized carbons (Fsp3) is 0.0571. The Labute approximate surface area is 329 Å². The molecule has 0 heterocycles. The van der Waals surface area contributed by atoms with Crippen LogP contribution in [0.25, 0.3) is 0 Å². The van der Waals surface area contributed by atoms with Crippen LogP contribution in [0.5, 0.6) is 0 Å². The lowest BCUT2D eigenvalue weighted by Crippen LogP contribution is -2.26. The smallest absolute Gasteiger partial charge is 0.308 e. The lowest BCUT2D eigenvalue weighted by molar-refractivity contribution is 0.0994. The van der Waals surface area contributed by atoms with Crippen molar-refractivity contribution in [3.05, 3.63) is 152 Å². The Morgan fingerprint density at radius 3 is 1.21 bits per heavy atom. The number of nitrogens with zero attached hydrogens (tertiary/aromatic N) is 2. The number of anilines is 2. The van der Waals surface area contributed by atoms with Crippen molar-refractivity contribution in [1.82, 2.24) is 0 Å². The van der Waals surface area contributed by atoms with Crippen LogP contribution < -0.4 is 10.6 Å². The molecule has 19 nitrogen and oxygen atoms in total. The number of rotatable bonds is 8. The number of urea groups is 1. The third-order valence-corrected chi connectivity index (χ3v) is 12.3. The molecular weight excluding hydrogens is 845 g/mol. The van der Waals surface area contributed by atoms with Gasteiger partial charge in [0.2, 0.25) is 0 Å². The quantitative estimate of drug-likeness (QED) is 0.136. The van der Waals surface area contributed by atoms with E-state index in [1.165, 1.54) is 84.9 Å². The Morgan fingerprint density at radius 1 is 0.500 bits per heavy atom. The normalized spacial score (nSPS) is 18.3. The van der Waals surface area contributed by atoms with Gasteiger partial charge in [0.05, 0.1) is 11.4 Å². The molecule has 0 saturated heterocycles. The highest BCUT2D eigenvalue weighted by molar-refractivity contribution is 7.91. The third-order valence-electron chi connectivity index (χ3n) is 8.48. The number of nitrogens with one attached hydrogen (secondary N) is 2. The van der Waals surface area contributed by atoms with Gasteiger partial charge in [-0.05, 0) is 59.7 Å². The molecule has 2 unspecified atom stereocenters. The first-order chi connectivity index (χ1) is 27.0. The molecule has 2 atom stereocenters. The zero-order valence-electron chi connectivity index (χ0n) is 28.9. The molecule has 0 spiro atoms. The summed E-state index contributed by atoms with van der Waals surface area (Å²) in [6.45, 7) is 0. The molecule has 58 heavy (non-hydrogen) atoms. The highest BCUT2D eigenvalue weighted by Gasteiger charge is 2.39. The maximum absolute atomic E-state index is 13.3. The van der Waals surface area contributed by atoms with Crippen LogP contribution in [-0.2, 0) is 40.5 Å². The average molecular weight is 871 g/mol. The highest BCUT2D eigenvalue weighted by Crippen LogP contribution is 2.37. The van der Waals surface area contributed by atoms with Gasteiger partial charge in [-0.15, -0.1) is 0 Å². The van der Waals surface area contributed by atoms with E-state index in [0.717, 1.165) is 12.1 Å². The van der Waals surface area contributed by atoms with E-state index in [1.54, 1.807) is 0 Å². The van der Waals surface area contributed by atoms with E-state index in [0.29, 0.717) is 12.2 Å². The van der Waals surface area contributed by atoms with E-state index in [-0.39, 0.29) is 44.8 Å². The zero-order valence-corrected chi connectivity index (χ0v) is 32.1. The van der Waals surface area contributed by atoms with E-state index in [2.05, 4.69) is 20.6 Å². The van der Waals surface area contributed by atoms with Crippen molar-refractivity contribution in [3.8, 4) is 0 Å². The van der Waals surface area contributed by atoms with Gasteiger partial charge in [-0.25, -0.2) is 14.8 Å². The van der Waals surface area contributed by atoms with Crippen molar-refractivity contribution < 1.29 is 66.3 Å². The SMILES string of the molecule is O=C(Nc1cccc(C(=O)N=C2C(S(=O)(=O)O)=CC(S(=O)(=O)O)c3ccccc32)c1)Nc1cccc(C(=O)N=C2C(S(=O)(=O)O)=CC(S(=O)(=O)O)c3ccccc32)c1. The Hall–Kier alpha value is -6.05. The topological polar surface area (TPSA) is 317 Å². The first-order valence-corrected chi connectivity index (χ1v) is 22.0. The van der Waals surface area contributed by atoms with E-state index in [4.69, 9.17) is 0 Å². The van der Waals surface area contributed by atoms with Crippen LogP contribution in [0, 0.1) is 0 Å². The van der Waals surface area contributed by atoms with Crippen molar-refractivity contribution in [3.63, 3.8) is 0 Å². The van der Waals surface area contributed by atoms with Gasteiger partial charge in [-0.1, -0.05) is 60.7 Å². The maximum atomic E-state index is 13.3. The molecule has 6 rings (SSSR count). The van der Waals surface area contributed by atoms with Crippen molar-refractivity contribution in [2.24, 2.45) is 9.98 Å². The number of allylic oxidation sites excluding steroid dienone is 2. The molecule has 4 aromatic rings. The minimum Gasteiger partial charge on any atom is -0.308 e. The number of carbonyl (C=O) groups excluding carboxylic acids is 3. The molecule has 0 fully saturated rings. The second kappa shape index (κ2) is 15.4. The number of hydrogen-bond donors (Lipinski definition) is 6. The number of aliphatic imine (C=N–C) groups is 2. The highest BCUT2D eigenvalue weighted by atomic mass is 32.2. The largest absolute Gasteiger partial charge is 0.323 e. The summed E-state index contributed by atoms with van der Waals surface area (Å²) in [5.41, 5.74) is -2.23. The molecule has 0 aromatic heterocycles. The van der Waals surface area contributed by atoms with Crippen LogP contribution in [-0.4, -0.2) is 81.2 Å². The minimum absolute atomic E-state index is 0.00639. The van der Waals surface area contributed by atoms with Crippen molar-refractivity contribution in [1.29, 1.82) is 0 Å². The second-order valence-corrected chi connectivity index (χ2v) is 18.2. The molecular formula is C35H26N4O15S4. The molecule has 0 bridgehead atoms. The average Bonchev–Trinajstić information content (AvgIpc) is 3.13. The maximum Gasteiger partial charge on any atom is 0.323 e. The fourth-order valence-electron chi connectivity index (χ4n) is 6.02. The summed E-state index contributed by atoms with van der Waals surface area (Å²) < 4.78 is 137. The van der Waals surface area contributed by atoms with Crippen LogP contribution in [0.1, 0.15) is 53.5 Å². The van der Waals surface area contributed by atoms with Gasteiger partial charge in [0.25, 0.3) is 52.3 Å². The third kappa shape index (κ3) is 8.90. The van der Waals surface area contributed by atoms with Crippen molar-refractivity contribution >= 4 is 81.1 Å². The lowest BCUT2D eigenvalue weighted by Gasteiger charge is -2.23. The van der Waals surface area contributed by atoms with Gasteiger partial charge in [-0.3, -0.25) is 27.8 Å². The molecule has 4 aromatic carbocycles. The molecule has 0 saturated carbocycles. The number of fused-ring (bicyclic) bond motifs is 2. The Bertz CT molecular complexity index is 2830. The van der Waals surface area contributed by atoms with Crippen LogP contribution in [0.4, 0.5) is 16.2 Å². The first kappa shape index (κ1) is 41.6. The van der Waals surface area contributed by atoms with E-state index >= 15 is 0 Å². The second-order valence-electron chi connectivity index (χ2n) is 12.3. The Balaban J connectivity index is 1.24. The lowest BCUT2D eigenvalue weighted by atomic mass is 9.94. The summed E-state index contributed by atoms with van der Waals surface area (Å²) in [4.78, 5) is 45.3. The number of carbonyl (C=O) groups is 3. The van der Waals surface area contributed by atoms with Crippen LogP contribution in [0.2, 0.25) is 0 Å². The van der Waals surface area contributed by atoms with Gasteiger partial charge in [-0.2, -0.15) is 33.7 Å². The van der Waals surface area contributed by atoms with Gasteiger partial charge in [0.15, 0.2) is 0 Å². The fourth-order valence-corrected chi connectivity index (χ4v) is 9.28. The van der Waals surface area contributed by atoms with Crippen LogP contribution >= 0.6 is 0 Å². The summed E-state index contributed by atoms with van der Waals surface area (Å²) >= 11 is 0.